The summed E-state index contributed by atoms with van der Waals surface area (Å²) in [5.41, 5.74) is 3.97. The Morgan fingerprint density at radius 1 is 1.33 bits per heavy atom. The van der Waals surface area contributed by atoms with Gasteiger partial charge in [-0.3, -0.25) is 0 Å². The molecule has 3 rings (SSSR count). The zero-order valence-electron chi connectivity index (χ0n) is 10.6. The zero-order chi connectivity index (χ0) is 11.1. The standard InChI is InChI=1S/C13H16N2O.BH4.Na/c1-8-13-11(5-6-14-8)10-4-3-9(16-2)7-12(10)15-13;;/h3-4,7-8,14-15H,5-6H2,1-2H3;1H4;/q;-1;+1. The Kier molecular flexibility index (Phi) is 5.35. The number of benzene rings is 1. The van der Waals surface area contributed by atoms with E-state index in [1.807, 2.05) is 6.07 Å². The van der Waals surface area contributed by atoms with Crippen molar-refractivity contribution < 1.29 is 34.3 Å². The fourth-order valence-corrected chi connectivity index (χ4v) is 2.54. The van der Waals surface area contributed by atoms with Crippen LogP contribution in [-0.2, 0) is 6.42 Å². The fourth-order valence-electron chi connectivity index (χ4n) is 2.54. The Bertz CT molecular complexity index is 541. The summed E-state index contributed by atoms with van der Waals surface area (Å²) in [5.74, 6) is 0.909. The van der Waals surface area contributed by atoms with E-state index < -0.39 is 0 Å². The molecule has 0 spiro atoms. The molecular weight excluding hydrogens is 234 g/mol. The van der Waals surface area contributed by atoms with E-state index in [2.05, 4.69) is 29.4 Å². The van der Waals surface area contributed by atoms with Crippen molar-refractivity contribution >= 4 is 19.3 Å². The van der Waals surface area contributed by atoms with Crippen LogP contribution >= 0.6 is 0 Å². The first kappa shape index (κ1) is 15.6. The zero-order valence-corrected chi connectivity index (χ0v) is 12.6. The minimum Gasteiger partial charge on any atom is -0.497 e. The summed E-state index contributed by atoms with van der Waals surface area (Å²) in [7, 11) is 1.70. The van der Waals surface area contributed by atoms with E-state index >= 15 is 0 Å². The largest absolute Gasteiger partial charge is 1.00 e. The molecule has 0 amide bonds. The summed E-state index contributed by atoms with van der Waals surface area (Å²) in [6.07, 6.45) is 1.10. The average molecular weight is 254 g/mol. The molecule has 1 aliphatic rings. The van der Waals surface area contributed by atoms with Crippen molar-refractivity contribution in [2.24, 2.45) is 0 Å². The Labute approximate surface area is 132 Å². The summed E-state index contributed by atoms with van der Waals surface area (Å²) in [5, 5.41) is 4.80. The fraction of sp³-hybridized carbons (Fsp3) is 0.385. The molecule has 3 nitrogen and oxygen atoms in total. The number of aromatic amines is 1. The first-order valence-electron chi connectivity index (χ1n) is 5.71. The minimum absolute atomic E-state index is 0. The van der Waals surface area contributed by atoms with E-state index in [0.717, 1.165) is 18.7 Å². The Hall–Kier alpha value is -0.415. The number of hydrogen-bond acceptors (Lipinski definition) is 2. The molecule has 0 aliphatic carbocycles. The van der Waals surface area contributed by atoms with Gasteiger partial charge in [0, 0.05) is 28.7 Å². The number of ether oxygens (including phenoxy) is 1. The number of methoxy groups -OCH3 is 1. The van der Waals surface area contributed by atoms with Gasteiger partial charge in [-0.15, -0.1) is 0 Å². The number of fused-ring (bicyclic) bond motifs is 3. The van der Waals surface area contributed by atoms with E-state index in [-0.39, 0.29) is 38.0 Å². The van der Waals surface area contributed by atoms with Crippen LogP contribution in [0, 0.1) is 0 Å². The van der Waals surface area contributed by atoms with Gasteiger partial charge >= 0.3 is 29.6 Å². The summed E-state index contributed by atoms with van der Waals surface area (Å²) >= 11 is 0. The summed E-state index contributed by atoms with van der Waals surface area (Å²) in [4.78, 5) is 3.50. The van der Waals surface area contributed by atoms with Gasteiger partial charge in [0.1, 0.15) is 5.75 Å². The van der Waals surface area contributed by atoms with Crippen molar-refractivity contribution in [1.29, 1.82) is 0 Å². The van der Waals surface area contributed by atoms with Gasteiger partial charge in [-0.05, 0) is 37.6 Å². The second-order valence-corrected chi connectivity index (χ2v) is 4.35. The molecule has 1 unspecified atom stereocenters. The summed E-state index contributed by atoms with van der Waals surface area (Å²) in [6.45, 7) is 3.26. The van der Waals surface area contributed by atoms with Crippen LogP contribution in [0.25, 0.3) is 10.9 Å². The van der Waals surface area contributed by atoms with Crippen LogP contribution in [0.5, 0.6) is 5.75 Å². The topological polar surface area (TPSA) is 37.0 Å². The molecule has 0 saturated heterocycles. The molecule has 18 heavy (non-hydrogen) atoms. The summed E-state index contributed by atoms with van der Waals surface area (Å²) in [6, 6.07) is 6.67. The molecule has 1 atom stereocenters. The number of aromatic nitrogens is 1. The van der Waals surface area contributed by atoms with Crippen molar-refractivity contribution in [3.63, 3.8) is 0 Å². The molecule has 0 saturated carbocycles. The quantitative estimate of drug-likeness (QED) is 0.574. The van der Waals surface area contributed by atoms with Gasteiger partial charge in [0.2, 0.25) is 0 Å². The van der Waals surface area contributed by atoms with Crippen LogP contribution in [0.2, 0.25) is 0 Å². The van der Waals surface area contributed by atoms with E-state index in [9.17, 15) is 0 Å². The molecule has 2 N–H and O–H groups in total. The van der Waals surface area contributed by atoms with Crippen molar-refractivity contribution in [1.82, 2.24) is 10.3 Å². The molecule has 2 aromatic rings. The van der Waals surface area contributed by atoms with Crippen LogP contribution in [0.1, 0.15) is 24.2 Å². The van der Waals surface area contributed by atoms with Crippen molar-refractivity contribution in [3.05, 3.63) is 29.5 Å². The van der Waals surface area contributed by atoms with Gasteiger partial charge in [0.15, 0.2) is 0 Å². The monoisotopic (exact) mass is 254 g/mol. The maximum atomic E-state index is 5.25. The molecule has 1 aliphatic heterocycles. The van der Waals surface area contributed by atoms with Crippen molar-refractivity contribution in [2.45, 2.75) is 19.4 Å². The van der Waals surface area contributed by atoms with E-state index in [1.165, 1.54) is 22.2 Å². The number of H-pyrrole nitrogens is 1. The molecule has 0 radical (unpaired) electrons. The Morgan fingerprint density at radius 3 is 2.83 bits per heavy atom. The maximum absolute atomic E-state index is 5.25. The SMILES string of the molecule is COc1ccc2c3c([nH]c2c1)C(C)NCC3.[BH4-].[Na+]. The minimum atomic E-state index is 0. The van der Waals surface area contributed by atoms with Gasteiger partial charge in [-0.1, -0.05) is 8.41 Å². The molecule has 0 bridgehead atoms. The second kappa shape index (κ2) is 6.15. The first-order chi connectivity index (χ1) is 7.79. The van der Waals surface area contributed by atoms with Crippen LogP contribution in [0.3, 0.4) is 0 Å². The van der Waals surface area contributed by atoms with Crippen molar-refractivity contribution in [2.75, 3.05) is 13.7 Å². The normalized spacial score (nSPS) is 17.6. The third kappa shape index (κ3) is 2.48. The molecule has 2 heterocycles. The van der Waals surface area contributed by atoms with E-state index in [4.69, 9.17) is 4.74 Å². The maximum Gasteiger partial charge on any atom is 1.00 e. The van der Waals surface area contributed by atoms with Crippen molar-refractivity contribution in [3.8, 4) is 5.75 Å². The van der Waals surface area contributed by atoms with E-state index in [0.29, 0.717) is 6.04 Å². The predicted octanol–water partition coefficient (Wildman–Crippen LogP) is -2.06. The van der Waals surface area contributed by atoms with Gasteiger partial charge in [-0.2, -0.15) is 0 Å². The number of hydrogen-bond donors (Lipinski definition) is 2. The number of nitrogens with one attached hydrogen (secondary N) is 2. The van der Waals surface area contributed by atoms with E-state index in [1.54, 1.807) is 7.11 Å². The second-order valence-electron chi connectivity index (χ2n) is 4.35. The molecule has 0 fully saturated rings. The first-order valence-corrected chi connectivity index (χ1v) is 5.71. The molecule has 1 aromatic heterocycles. The van der Waals surface area contributed by atoms with Crippen LogP contribution in [0.15, 0.2) is 18.2 Å². The summed E-state index contributed by atoms with van der Waals surface area (Å²) < 4.78 is 5.25. The molecule has 92 valence electrons. The van der Waals surface area contributed by atoms with Crippen LogP contribution in [-0.4, -0.2) is 27.1 Å². The van der Waals surface area contributed by atoms with Gasteiger partial charge in [-0.25, -0.2) is 0 Å². The van der Waals surface area contributed by atoms with Gasteiger partial charge < -0.3 is 15.0 Å². The third-order valence-electron chi connectivity index (χ3n) is 3.40. The van der Waals surface area contributed by atoms with Gasteiger partial charge in [0.05, 0.1) is 7.11 Å². The molecule has 5 heteroatoms. The van der Waals surface area contributed by atoms with Crippen LogP contribution in [0.4, 0.5) is 0 Å². The number of rotatable bonds is 1. The smallest absolute Gasteiger partial charge is 0.497 e. The van der Waals surface area contributed by atoms with Crippen LogP contribution < -0.4 is 39.6 Å². The predicted molar refractivity (Wildman–Crippen MR) is 76.3 cm³/mol. The molecular formula is C13H20BN2NaO. The Morgan fingerprint density at radius 2 is 2.11 bits per heavy atom. The average Bonchev–Trinajstić information content (AvgIpc) is 2.68. The third-order valence-corrected chi connectivity index (χ3v) is 3.40. The Balaban J connectivity index is 0.000000810. The molecule has 1 aromatic carbocycles. The van der Waals surface area contributed by atoms with Gasteiger partial charge in [0.25, 0.3) is 0 Å².